The Morgan fingerprint density at radius 3 is 1.13 bits per heavy atom. The Kier molecular flexibility index (Phi) is 8.00. The number of para-hydroxylation sites is 1. The van der Waals surface area contributed by atoms with E-state index in [1.807, 2.05) is 146 Å². The molecule has 10 aromatic rings. The van der Waals surface area contributed by atoms with E-state index in [1.54, 1.807) is 0 Å². The molecule has 258 valence electrons. The number of aromatic nitrogens is 6. The molecule has 0 spiro atoms. The lowest BCUT2D eigenvalue weighted by molar-refractivity contribution is 0.670. The van der Waals surface area contributed by atoms with E-state index in [1.165, 1.54) is 0 Å². The highest BCUT2D eigenvalue weighted by Gasteiger charge is 2.18. The van der Waals surface area contributed by atoms with Crippen LogP contribution in [0.1, 0.15) is 0 Å². The summed E-state index contributed by atoms with van der Waals surface area (Å²) in [5, 5.41) is 1.98. The van der Waals surface area contributed by atoms with Crippen molar-refractivity contribution < 1.29 is 4.42 Å². The van der Waals surface area contributed by atoms with Crippen molar-refractivity contribution in [2.75, 3.05) is 0 Å². The first-order valence-corrected chi connectivity index (χ1v) is 18.0. The molecule has 3 heterocycles. The van der Waals surface area contributed by atoms with Gasteiger partial charge in [0.1, 0.15) is 11.2 Å². The van der Waals surface area contributed by atoms with Crippen LogP contribution in [-0.2, 0) is 0 Å². The minimum absolute atomic E-state index is 0.593. The van der Waals surface area contributed by atoms with Crippen LogP contribution >= 0.6 is 0 Å². The van der Waals surface area contributed by atoms with E-state index in [0.29, 0.717) is 34.9 Å². The maximum absolute atomic E-state index is 6.62. The van der Waals surface area contributed by atoms with Crippen molar-refractivity contribution in [3.63, 3.8) is 0 Å². The van der Waals surface area contributed by atoms with E-state index in [0.717, 1.165) is 66.4 Å². The van der Waals surface area contributed by atoms with E-state index in [2.05, 4.69) is 36.4 Å². The van der Waals surface area contributed by atoms with Crippen molar-refractivity contribution in [1.29, 1.82) is 0 Å². The number of benzene rings is 7. The van der Waals surface area contributed by atoms with Gasteiger partial charge in [-0.25, -0.2) is 29.9 Å². The summed E-state index contributed by atoms with van der Waals surface area (Å²) in [6.07, 6.45) is 0. The monoisotopic (exact) mass is 706 g/mol. The number of fused-ring (bicyclic) bond motifs is 3. The summed E-state index contributed by atoms with van der Waals surface area (Å²) < 4.78 is 6.62. The zero-order chi connectivity index (χ0) is 36.6. The molecule has 0 amide bonds. The molecule has 7 aromatic carbocycles. The van der Waals surface area contributed by atoms with Gasteiger partial charge in [-0.05, 0) is 29.8 Å². The minimum atomic E-state index is 0.593. The second kappa shape index (κ2) is 13.7. The van der Waals surface area contributed by atoms with Crippen molar-refractivity contribution >= 4 is 21.9 Å². The van der Waals surface area contributed by atoms with Gasteiger partial charge in [-0.3, -0.25) is 0 Å². The Bertz CT molecular complexity index is 2850. The van der Waals surface area contributed by atoms with Crippen LogP contribution in [0.4, 0.5) is 0 Å². The van der Waals surface area contributed by atoms with Crippen molar-refractivity contribution in [2.45, 2.75) is 0 Å². The molecule has 55 heavy (non-hydrogen) atoms. The number of rotatable bonds is 7. The summed E-state index contributed by atoms with van der Waals surface area (Å²) in [4.78, 5) is 29.6. The molecule has 7 nitrogen and oxygen atoms in total. The van der Waals surface area contributed by atoms with Crippen molar-refractivity contribution in [2.24, 2.45) is 0 Å². The number of hydrogen-bond acceptors (Lipinski definition) is 7. The minimum Gasteiger partial charge on any atom is -0.455 e. The Balaban J connectivity index is 1.07. The fraction of sp³-hybridized carbons (Fsp3) is 0. The molecule has 0 fully saturated rings. The van der Waals surface area contributed by atoms with Gasteiger partial charge in [0, 0.05) is 49.7 Å². The number of furan rings is 1. The largest absolute Gasteiger partial charge is 0.455 e. The van der Waals surface area contributed by atoms with E-state index >= 15 is 0 Å². The van der Waals surface area contributed by atoms with Crippen LogP contribution in [-0.4, -0.2) is 29.9 Å². The zero-order valence-electron chi connectivity index (χ0n) is 29.4. The molecular weight excluding hydrogens is 677 g/mol. The fourth-order valence-corrected chi connectivity index (χ4v) is 6.87. The predicted molar refractivity (Wildman–Crippen MR) is 219 cm³/mol. The van der Waals surface area contributed by atoms with Crippen LogP contribution in [0, 0.1) is 0 Å². The Labute approximate surface area is 316 Å². The molecule has 10 rings (SSSR count). The highest BCUT2D eigenvalue weighted by Crippen LogP contribution is 2.38. The van der Waals surface area contributed by atoms with Crippen molar-refractivity contribution in [3.05, 3.63) is 182 Å². The standard InChI is InChI=1S/C48H30N6O/c1-5-15-31(16-6-1)43-49-44(32-17-7-2-8-18-32)52-47(51-43)36-24-13-23-35(29-36)38-25-14-26-39-40-30-37(27-28-41(40)55-42(38)39)48-53-45(33-19-9-3-10-20-33)50-46(54-48)34-21-11-4-12-22-34/h1-30H. The first-order chi connectivity index (χ1) is 27.2. The molecule has 0 unspecified atom stereocenters. The third-order valence-electron chi connectivity index (χ3n) is 9.59. The molecule has 0 radical (unpaired) electrons. The van der Waals surface area contributed by atoms with Crippen LogP contribution in [0.3, 0.4) is 0 Å². The molecule has 7 heteroatoms. The Hall–Kier alpha value is -7.64. The summed E-state index contributed by atoms with van der Waals surface area (Å²) in [5.74, 6) is 3.67. The zero-order valence-corrected chi connectivity index (χ0v) is 29.4. The highest BCUT2D eigenvalue weighted by atomic mass is 16.3. The van der Waals surface area contributed by atoms with Gasteiger partial charge in [-0.1, -0.05) is 158 Å². The molecule has 0 atom stereocenters. The van der Waals surface area contributed by atoms with Crippen LogP contribution in [0.15, 0.2) is 186 Å². The molecule has 0 saturated carbocycles. The molecule has 0 aliphatic carbocycles. The lowest BCUT2D eigenvalue weighted by atomic mass is 10.00. The van der Waals surface area contributed by atoms with E-state index in [-0.39, 0.29) is 0 Å². The fourth-order valence-electron chi connectivity index (χ4n) is 6.87. The second-order valence-electron chi connectivity index (χ2n) is 13.2. The van der Waals surface area contributed by atoms with Gasteiger partial charge in [0.05, 0.1) is 0 Å². The third kappa shape index (κ3) is 6.19. The van der Waals surface area contributed by atoms with E-state index in [4.69, 9.17) is 34.3 Å². The first-order valence-electron chi connectivity index (χ1n) is 18.0. The first kappa shape index (κ1) is 32.0. The lowest BCUT2D eigenvalue weighted by Gasteiger charge is -2.10. The van der Waals surface area contributed by atoms with Gasteiger partial charge in [0.25, 0.3) is 0 Å². The molecule has 0 N–H and O–H groups in total. The molecule has 3 aromatic heterocycles. The summed E-state index contributed by atoms with van der Waals surface area (Å²) in [5.41, 5.74) is 8.98. The molecule has 0 bridgehead atoms. The smallest absolute Gasteiger partial charge is 0.164 e. The number of nitrogens with zero attached hydrogens (tertiary/aromatic N) is 6. The van der Waals surface area contributed by atoms with Gasteiger partial charge < -0.3 is 4.42 Å². The average Bonchev–Trinajstić information content (AvgIpc) is 3.66. The summed E-state index contributed by atoms with van der Waals surface area (Å²) in [7, 11) is 0. The van der Waals surface area contributed by atoms with Crippen molar-refractivity contribution in [1.82, 2.24) is 29.9 Å². The van der Waals surface area contributed by atoms with E-state index in [9.17, 15) is 0 Å². The van der Waals surface area contributed by atoms with Gasteiger partial charge >= 0.3 is 0 Å². The maximum Gasteiger partial charge on any atom is 0.164 e. The van der Waals surface area contributed by atoms with Gasteiger partial charge in [0.15, 0.2) is 34.9 Å². The Morgan fingerprint density at radius 1 is 0.273 bits per heavy atom. The van der Waals surface area contributed by atoms with Gasteiger partial charge in [-0.2, -0.15) is 0 Å². The highest BCUT2D eigenvalue weighted by molar-refractivity contribution is 6.10. The Morgan fingerprint density at radius 2 is 0.655 bits per heavy atom. The van der Waals surface area contributed by atoms with Gasteiger partial charge in [0.2, 0.25) is 0 Å². The summed E-state index contributed by atoms with van der Waals surface area (Å²) in [6, 6.07) is 60.7. The lowest BCUT2D eigenvalue weighted by Crippen LogP contribution is -2.00. The molecular formula is C48H30N6O. The van der Waals surface area contributed by atoms with Crippen LogP contribution in [0.2, 0.25) is 0 Å². The predicted octanol–water partition coefficient (Wildman–Crippen LogP) is 11.6. The molecule has 0 aliphatic heterocycles. The SMILES string of the molecule is c1ccc(-c2nc(-c3ccccc3)nc(-c3cccc(-c4cccc5c4oc4ccc(-c6nc(-c7ccccc7)nc(-c7ccccc7)n6)cc45)c3)n2)cc1. The summed E-state index contributed by atoms with van der Waals surface area (Å²) >= 11 is 0. The quantitative estimate of drug-likeness (QED) is 0.163. The second-order valence-corrected chi connectivity index (χ2v) is 13.2. The number of hydrogen-bond donors (Lipinski definition) is 0. The van der Waals surface area contributed by atoms with Crippen molar-refractivity contribution in [3.8, 4) is 79.5 Å². The summed E-state index contributed by atoms with van der Waals surface area (Å²) in [6.45, 7) is 0. The van der Waals surface area contributed by atoms with Gasteiger partial charge in [-0.15, -0.1) is 0 Å². The molecule has 0 saturated heterocycles. The topological polar surface area (TPSA) is 90.5 Å². The normalized spacial score (nSPS) is 11.3. The van der Waals surface area contributed by atoms with Crippen LogP contribution in [0.5, 0.6) is 0 Å². The maximum atomic E-state index is 6.62. The average molecular weight is 707 g/mol. The third-order valence-corrected chi connectivity index (χ3v) is 9.59. The van der Waals surface area contributed by atoms with Crippen LogP contribution < -0.4 is 0 Å². The molecule has 0 aliphatic rings. The van der Waals surface area contributed by atoms with Crippen LogP contribution in [0.25, 0.3) is 101 Å². The van der Waals surface area contributed by atoms with E-state index < -0.39 is 0 Å².